The lowest BCUT2D eigenvalue weighted by atomic mass is 10.0. The zero-order valence-corrected chi connectivity index (χ0v) is 17.2. The number of methoxy groups -OCH3 is 1. The number of carbonyl (C=O) groups is 2. The molecule has 2 amide bonds. The summed E-state index contributed by atoms with van der Waals surface area (Å²) < 4.78 is 5.39. The number of halogens is 1. The molecular formula is C24H19ClN2O3. The van der Waals surface area contributed by atoms with Crippen molar-refractivity contribution in [1.82, 2.24) is 0 Å². The lowest BCUT2D eigenvalue weighted by molar-refractivity contribution is -0.120. The fourth-order valence-electron chi connectivity index (χ4n) is 3.36. The van der Waals surface area contributed by atoms with Crippen LogP contribution < -0.4 is 15.0 Å². The third-order valence-corrected chi connectivity index (χ3v) is 5.09. The number of amides is 2. The van der Waals surface area contributed by atoms with Crippen LogP contribution in [0.25, 0.3) is 5.57 Å². The zero-order chi connectivity index (χ0) is 21.3. The summed E-state index contributed by atoms with van der Waals surface area (Å²) in [6.07, 6.45) is 0. The summed E-state index contributed by atoms with van der Waals surface area (Å²) in [6.45, 7) is 1.96. The first-order valence-electron chi connectivity index (χ1n) is 9.35. The summed E-state index contributed by atoms with van der Waals surface area (Å²) in [5.41, 5.74) is 3.19. The molecule has 0 bridgehead atoms. The van der Waals surface area contributed by atoms with Crippen molar-refractivity contribution in [3.8, 4) is 5.75 Å². The van der Waals surface area contributed by atoms with Gasteiger partial charge in [-0.15, -0.1) is 0 Å². The van der Waals surface area contributed by atoms with Gasteiger partial charge in [0, 0.05) is 5.02 Å². The molecular weight excluding hydrogens is 400 g/mol. The number of para-hydroxylation sites is 1. The Labute approximate surface area is 179 Å². The Morgan fingerprint density at radius 3 is 2.27 bits per heavy atom. The number of carbonyl (C=O) groups excluding carboxylic acids is 2. The SMILES string of the molecule is COc1ccc(Cl)cc1NC1=C(c2ccc(C)cc2)C(=O)N(c2ccccc2)C1=O. The van der Waals surface area contributed by atoms with Crippen LogP contribution in [0.4, 0.5) is 11.4 Å². The highest BCUT2D eigenvalue weighted by Crippen LogP contribution is 2.36. The molecule has 3 aromatic carbocycles. The lowest BCUT2D eigenvalue weighted by Gasteiger charge is -2.16. The van der Waals surface area contributed by atoms with Gasteiger partial charge in [-0.3, -0.25) is 9.59 Å². The minimum Gasteiger partial charge on any atom is -0.495 e. The standard InChI is InChI=1S/C24H19ClN2O3/c1-15-8-10-16(11-9-15)21-22(26-19-14-17(25)12-13-20(19)30-2)24(29)27(23(21)28)18-6-4-3-5-7-18/h3-14,26H,1-2H3. The number of rotatable bonds is 5. The first-order chi connectivity index (χ1) is 14.5. The lowest BCUT2D eigenvalue weighted by Crippen LogP contribution is -2.32. The summed E-state index contributed by atoms with van der Waals surface area (Å²) in [7, 11) is 1.53. The highest BCUT2D eigenvalue weighted by Gasteiger charge is 2.40. The van der Waals surface area contributed by atoms with Gasteiger partial charge in [-0.25, -0.2) is 4.90 Å². The average Bonchev–Trinajstić information content (AvgIpc) is 2.99. The summed E-state index contributed by atoms with van der Waals surface area (Å²) in [5, 5.41) is 3.58. The van der Waals surface area contributed by atoms with E-state index in [4.69, 9.17) is 16.3 Å². The summed E-state index contributed by atoms with van der Waals surface area (Å²) >= 11 is 6.15. The minimum absolute atomic E-state index is 0.174. The van der Waals surface area contributed by atoms with Gasteiger partial charge < -0.3 is 10.1 Å². The molecule has 1 aliphatic heterocycles. The molecule has 0 atom stereocenters. The van der Waals surface area contributed by atoms with Gasteiger partial charge in [-0.1, -0.05) is 59.6 Å². The van der Waals surface area contributed by atoms with Crippen LogP contribution in [0.1, 0.15) is 11.1 Å². The second-order valence-electron chi connectivity index (χ2n) is 6.87. The van der Waals surface area contributed by atoms with Crippen molar-refractivity contribution in [1.29, 1.82) is 0 Å². The molecule has 30 heavy (non-hydrogen) atoms. The third kappa shape index (κ3) is 3.55. The smallest absolute Gasteiger partial charge is 0.282 e. The summed E-state index contributed by atoms with van der Waals surface area (Å²) in [4.78, 5) is 27.9. The maximum absolute atomic E-state index is 13.4. The van der Waals surface area contributed by atoms with Crippen molar-refractivity contribution in [2.24, 2.45) is 0 Å². The van der Waals surface area contributed by atoms with Crippen molar-refractivity contribution in [2.45, 2.75) is 6.92 Å². The third-order valence-electron chi connectivity index (χ3n) is 4.86. The topological polar surface area (TPSA) is 58.6 Å². The molecule has 1 heterocycles. The Bertz CT molecular complexity index is 1150. The van der Waals surface area contributed by atoms with E-state index in [1.165, 1.54) is 12.0 Å². The number of imide groups is 1. The highest BCUT2D eigenvalue weighted by molar-refractivity contribution is 6.46. The monoisotopic (exact) mass is 418 g/mol. The van der Waals surface area contributed by atoms with E-state index in [0.717, 1.165) is 5.56 Å². The molecule has 1 aliphatic rings. The van der Waals surface area contributed by atoms with Crippen molar-refractivity contribution < 1.29 is 14.3 Å². The predicted molar refractivity (Wildman–Crippen MR) is 119 cm³/mol. The number of aryl methyl sites for hydroxylation is 1. The van der Waals surface area contributed by atoms with E-state index < -0.39 is 11.8 Å². The van der Waals surface area contributed by atoms with Crippen molar-refractivity contribution in [2.75, 3.05) is 17.3 Å². The molecule has 150 valence electrons. The average molecular weight is 419 g/mol. The Morgan fingerprint density at radius 1 is 0.900 bits per heavy atom. The maximum atomic E-state index is 13.4. The Kier molecular flexibility index (Phi) is 5.29. The molecule has 5 nitrogen and oxygen atoms in total. The van der Waals surface area contributed by atoms with E-state index in [9.17, 15) is 9.59 Å². The number of nitrogens with one attached hydrogen (secondary N) is 1. The molecule has 0 fully saturated rings. The van der Waals surface area contributed by atoms with Gasteiger partial charge in [-0.2, -0.15) is 0 Å². The van der Waals surface area contributed by atoms with E-state index in [2.05, 4.69) is 5.32 Å². The number of anilines is 2. The maximum Gasteiger partial charge on any atom is 0.282 e. The molecule has 3 aromatic rings. The number of ether oxygens (including phenoxy) is 1. The molecule has 0 radical (unpaired) electrons. The van der Waals surface area contributed by atoms with Crippen LogP contribution in [0.5, 0.6) is 5.75 Å². The fraction of sp³-hybridized carbons (Fsp3) is 0.0833. The number of benzene rings is 3. The molecule has 0 saturated heterocycles. The normalized spacial score (nSPS) is 13.8. The zero-order valence-electron chi connectivity index (χ0n) is 16.5. The van der Waals surface area contributed by atoms with E-state index in [1.54, 1.807) is 42.5 Å². The highest BCUT2D eigenvalue weighted by atomic mass is 35.5. The fourth-order valence-corrected chi connectivity index (χ4v) is 3.53. The van der Waals surface area contributed by atoms with Crippen molar-refractivity contribution in [3.05, 3.63) is 94.6 Å². The van der Waals surface area contributed by atoms with Crippen LogP contribution in [0, 0.1) is 6.92 Å². The Hall–Kier alpha value is -3.57. The van der Waals surface area contributed by atoms with Crippen LogP contribution in [-0.2, 0) is 9.59 Å². The quantitative estimate of drug-likeness (QED) is 0.589. The second kappa shape index (κ2) is 8.05. The number of hydrogen-bond acceptors (Lipinski definition) is 4. The largest absolute Gasteiger partial charge is 0.495 e. The first kappa shape index (κ1) is 19.7. The first-order valence-corrected chi connectivity index (χ1v) is 9.73. The molecule has 0 spiro atoms. The second-order valence-corrected chi connectivity index (χ2v) is 7.30. The van der Waals surface area contributed by atoms with Crippen molar-refractivity contribution >= 4 is 40.4 Å². The van der Waals surface area contributed by atoms with Gasteiger partial charge in [0.2, 0.25) is 0 Å². The molecule has 1 N–H and O–H groups in total. The van der Waals surface area contributed by atoms with Gasteiger partial charge >= 0.3 is 0 Å². The van der Waals surface area contributed by atoms with Gasteiger partial charge in [0.1, 0.15) is 11.4 Å². The van der Waals surface area contributed by atoms with Gasteiger partial charge in [0.15, 0.2) is 0 Å². The number of nitrogens with zero attached hydrogens (tertiary/aromatic N) is 1. The van der Waals surface area contributed by atoms with E-state index in [1.807, 2.05) is 37.3 Å². The van der Waals surface area contributed by atoms with E-state index in [0.29, 0.717) is 33.3 Å². The van der Waals surface area contributed by atoms with Crippen molar-refractivity contribution in [3.63, 3.8) is 0 Å². The Balaban J connectivity index is 1.85. The van der Waals surface area contributed by atoms with Crippen LogP contribution in [0.2, 0.25) is 5.02 Å². The Morgan fingerprint density at radius 2 is 1.60 bits per heavy atom. The van der Waals surface area contributed by atoms with Crippen LogP contribution >= 0.6 is 11.6 Å². The van der Waals surface area contributed by atoms with Gasteiger partial charge in [0.05, 0.1) is 24.1 Å². The van der Waals surface area contributed by atoms with Crippen LogP contribution in [0.15, 0.2) is 78.5 Å². The van der Waals surface area contributed by atoms with E-state index >= 15 is 0 Å². The molecule has 0 unspecified atom stereocenters. The van der Waals surface area contributed by atoms with E-state index in [-0.39, 0.29) is 5.70 Å². The molecule has 0 aliphatic carbocycles. The minimum atomic E-state index is -0.441. The predicted octanol–water partition coefficient (Wildman–Crippen LogP) is 5.05. The number of hydrogen-bond donors (Lipinski definition) is 1. The molecule has 4 rings (SSSR count). The van der Waals surface area contributed by atoms with Gasteiger partial charge in [-0.05, 0) is 42.8 Å². The molecule has 6 heteroatoms. The van der Waals surface area contributed by atoms with Gasteiger partial charge in [0.25, 0.3) is 11.8 Å². The van der Waals surface area contributed by atoms with Crippen LogP contribution in [-0.4, -0.2) is 18.9 Å². The van der Waals surface area contributed by atoms with Crippen LogP contribution in [0.3, 0.4) is 0 Å². The molecule has 0 aromatic heterocycles. The molecule has 0 saturated carbocycles. The summed E-state index contributed by atoms with van der Waals surface area (Å²) in [6, 6.07) is 21.4. The summed E-state index contributed by atoms with van der Waals surface area (Å²) in [5.74, 6) is -0.323.